The van der Waals surface area contributed by atoms with E-state index in [0.717, 1.165) is 0 Å². The number of methoxy groups -OCH3 is 1. The highest BCUT2D eigenvalue weighted by molar-refractivity contribution is 6.99. The van der Waals surface area contributed by atoms with Crippen LogP contribution >= 0.6 is 0 Å². The summed E-state index contributed by atoms with van der Waals surface area (Å²) in [6.07, 6.45) is 0. The predicted molar refractivity (Wildman–Crippen MR) is 128 cm³/mol. The Balaban J connectivity index is 1.88. The minimum Gasteiger partial charge on any atom is -0.405 e. The molecule has 0 aliphatic carbocycles. The van der Waals surface area contributed by atoms with Crippen LogP contribution in [0.4, 0.5) is 0 Å². The van der Waals surface area contributed by atoms with Gasteiger partial charge in [0.2, 0.25) is 0 Å². The lowest BCUT2D eigenvalue weighted by molar-refractivity contribution is -0.000230. The Bertz CT molecular complexity index is 663. The number of rotatable bonds is 15. The van der Waals surface area contributed by atoms with Gasteiger partial charge in [0.1, 0.15) is 0 Å². The van der Waals surface area contributed by atoms with Crippen molar-refractivity contribution in [2.24, 2.45) is 0 Å². The molecule has 2 aromatic carbocycles. The van der Waals surface area contributed by atoms with Crippen LogP contribution in [-0.2, 0) is 23.4 Å². The zero-order valence-corrected chi connectivity index (χ0v) is 20.5. The summed E-state index contributed by atoms with van der Waals surface area (Å²) in [6.45, 7) is 11.4. The number of hydrogen-bond acceptors (Lipinski definition) is 5. The zero-order valence-electron chi connectivity index (χ0n) is 19.5. The molecule has 2 aromatic rings. The van der Waals surface area contributed by atoms with Crippen molar-refractivity contribution < 1.29 is 23.4 Å². The molecule has 0 radical (unpaired) electrons. The van der Waals surface area contributed by atoms with Crippen molar-refractivity contribution in [1.29, 1.82) is 0 Å². The molecule has 0 bridgehead atoms. The molecule has 0 N–H and O–H groups in total. The van der Waals surface area contributed by atoms with Crippen LogP contribution in [0.3, 0.4) is 0 Å². The third-order valence-corrected chi connectivity index (χ3v) is 10.2. The molecule has 5 nitrogen and oxygen atoms in total. The number of hydrogen-bond donors (Lipinski definition) is 0. The SMILES string of the molecule is COCCOCCOCCOCCO[Si](c1ccccc1)(c1ccccc1)C(C)(C)C. The normalized spacial score (nSPS) is 12.3. The maximum absolute atomic E-state index is 6.79. The van der Waals surface area contributed by atoms with Crippen LogP contribution < -0.4 is 10.4 Å². The minimum absolute atomic E-state index is 0.0262. The Kier molecular flexibility index (Phi) is 11.4. The number of ether oxygens (including phenoxy) is 4. The Morgan fingerprint density at radius 1 is 0.581 bits per heavy atom. The Hall–Kier alpha value is -1.54. The molecule has 0 saturated heterocycles. The maximum atomic E-state index is 6.79. The lowest BCUT2D eigenvalue weighted by Crippen LogP contribution is -2.66. The highest BCUT2D eigenvalue weighted by Gasteiger charge is 2.49. The summed E-state index contributed by atoms with van der Waals surface area (Å²) in [5, 5.41) is 2.54. The van der Waals surface area contributed by atoms with Gasteiger partial charge in [0.25, 0.3) is 8.32 Å². The number of benzene rings is 2. The molecule has 0 saturated carbocycles. The van der Waals surface area contributed by atoms with Gasteiger partial charge < -0.3 is 23.4 Å². The first-order chi connectivity index (χ1) is 15.0. The fourth-order valence-electron chi connectivity index (χ4n) is 3.70. The van der Waals surface area contributed by atoms with Crippen molar-refractivity contribution >= 4 is 18.7 Å². The van der Waals surface area contributed by atoms with Gasteiger partial charge in [0.15, 0.2) is 0 Å². The van der Waals surface area contributed by atoms with Crippen LogP contribution in [0.1, 0.15) is 20.8 Å². The lowest BCUT2D eigenvalue weighted by atomic mass is 10.2. The van der Waals surface area contributed by atoms with E-state index in [4.69, 9.17) is 23.4 Å². The Labute approximate surface area is 188 Å². The van der Waals surface area contributed by atoms with Gasteiger partial charge in [-0.05, 0) is 15.4 Å². The molecular formula is C25H38O5Si. The van der Waals surface area contributed by atoms with E-state index in [9.17, 15) is 0 Å². The average Bonchev–Trinajstić information content (AvgIpc) is 2.77. The van der Waals surface area contributed by atoms with Crippen LogP contribution in [0.15, 0.2) is 60.7 Å². The van der Waals surface area contributed by atoms with Crippen LogP contribution in [-0.4, -0.2) is 68.3 Å². The summed E-state index contributed by atoms with van der Waals surface area (Å²) in [5.41, 5.74) is 0. The van der Waals surface area contributed by atoms with E-state index >= 15 is 0 Å². The highest BCUT2D eigenvalue weighted by Crippen LogP contribution is 2.36. The van der Waals surface area contributed by atoms with Crippen LogP contribution in [0, 0.1) is 0 Å². The molecule has 0 aliphatic heterocycles. The molecule has 2 rings (SSSR count). The highest BCUT2D eigenvalue weighted by atomic mass is 28.4. The van der Waals surface area contributed by atoms with Gasteiger partial charge in [0, 0.05) is 7.11 Å². The van der Waals surface area contributed by atoms with Gasteiger partial charge in [-0.15, -0.1) is 0 Å². The largest absolute Gasteiger partial charge is 0.405 e. The van der Waals surface area contributed by atoms with Crippen molar-refractivity contribution in [3.05, 3.63) is 60.7 Å². The van der Waals surface area contributed by atoms with Gasteiger partial charge in [-0.3, -0.25) is 0 Å². The summed E-state index contributed by atoms with van der Waals surface area (Å²) in [7, 11) is -0.823. The van der Waals surface area contributed by atoms with E-state index in [-0.39, 0.29) is 5.04 Å². The van der Waals surface area contributed by atoms with Crippen molar-refractivity contribution in [3.8, 4) is 0 Å². The van der Waals surface area contributed by atoms with Crippen molar-refractivity contribution in [3.63, 3.8) is 0 Å². The van der Waals surface area contributed by atoms with Crippen LogP contribution in [0.5, 0.6) is 0 Å². The molecule has 0 amide bonds. The summed E-state index contributed by atoms with van der Waals surface area (Å²) in [4.78, 5) is 0. The fraction of sp³-hybridized carbons (Fsp3) is 0.520. The van der Waals surface area contributed by atoms with Crippen molar-refractivity contribution in [2.45, 2.75) is 25.8 Å². The third kappa shape index (κ3) is 7.82. The van der Waals surface area contributed by atoms with E-state index in [0.29, 0.717) is 52.9 Å². The van der Waals surface area contributed by atoms with Gasteiger partial charge in [-0.25, -0.2) is 0 Å². The van der Waals surface area contributed by atoms with Gasteiger partial charge in [-0.1, -0.05) is 81.4 Å². The molecule has 172 valence electrons. The zero-order chi connectivity index (χ0) is 22.4. The molecule has 0 spiro atoms. The Morgan fingerprint density at radius 2 is 0.968 bits per heavy atom. The minimum atomic E-state index is -2.48. The molecule has 31 heavy (non-hydrogen) atoms. The van der Waals surface area contributed by atoms with E-state index in [1.54, 1.807) is 7.11 Å². The summed E-state index contributed by atoms with van der Waals surface area (Å²) >= 11 is 0. The summed E-state index contributed by atoms with van der Waals surface area (Å²) in [6, 6.07) is 21.3. The summed E-state index contributed by atoms with van der Waals surface area (Å²) < 4.78 is 28.4. The van der Waals surface area contributed by atoms with Crippen LogP contribution in [0.2, 0.25) is 5.04 Å². The molecule has 0 atom stereocenters. The second-order valence-electron chi connectivity index (χ2n) is 8.34. The molecule has 0 unspecified atom stereocenters. The second kappa shape index (κ2) is 13.8. The van der Waals surface area contributed by atoms with Gasteiger partial charge >= 0.3 is 0 Å². The average molecular weight is 447 g/mol. The van der Waals surface area contributed by atoms with E-state index in [1.165, 1.54) is 10.4 Å². The molecular weight excluding hydrogens is 408 g/mol. The van der Waals surface area contributed by atoms with E-state index in [2.05, 4.69) is 81.4 Å². The first-order valence-electron chi connectivity index (χ1n) is 11.0. The maximum Gasteiger partial charge on any atom is 0.261 e. The van der Waals surface area contributed by atoms with Gasteiger partial charge in [-0.2, -0.15) is 0 Å². The molecule has 0 heterocycles. The van der Waals surface area contributed by atoms with E-state index < -0.39 is 8.32 Å². The van der Waals surface area contributed by atoms with Gasteiger partial charge in [0.05, 0.1) is 52.9 Å². The predicted octanol–water partition coefficient (Wildman–Crippen LogP) is 3.26. The second-order valence-corrected chi connectivity index (χ2v) is 12.6. The first-order valence-corrected chi connectivity index (χ1v) is 12.9. The smallest absolute Gasteiger partial charge is 0.261 e. The topological polar surface area (TPSA) is 46.2 Å². The quantitative estimate of drug-likeness (QED) is 0.310. The first kappa shape index (κ1) is 25.7. The van der Waals surface area contributed by atoms with Crippen LogP contribution in [0.25, 0.3) is 0 Å². The standard InChI is InChI=1S/C25H38O5Si/c1-25(2,3)31(23-11-7-5-8-12-23,24-13-9-6-10-14-24)30-22-21-29-20-19-28-18-17-27-16-15-26-4/h5-14H,15-22H2,1-4H3. The molecule has 6 heteroatoms. The monoisotopic (exact) mass is 446 g/mol. The lowest BCUT2D eigenvalue weighted by Gasteiger charge is -2.43. The van der Waals surface area contributed by atoms with Crippen molar-refractivity contribution in [2.75, 3.05) is 60.0 Å². The third-order valence-electron chi connectivity index (χ3n) is 5.14. The van der Waals surface area contributed by atoms with E-state index in [1.807, 2.05) is 0 Å². The fourth-order valence-corrected chi connectivity index (χ4v) is 8.24. The Morgan fingerprint density at radius 3 is 1.35 bits per heavy atom. The molecule has 0 fully saturated rings. The molecule has 0 aliphatic rings. The van der Waals surface area contributed by atoms with Crippen molar-refractivity contribution in [1.82, 2.24) is 0 Å². The molecule has 0 aromatic heterocycles. The summed E-state index contributed by atoms with van der Waals surface area (Å²) in [5.74, 6) is 0.